The molecule has 0 aliphatic rings. The molecule has 3 rings (SSSR count). The molecule has 0 fully saturated rings. The van der Waals surface area contributed by atoms with Crippen molar-refractivity contribution in [3.05, 3.63) is 57.5 Å². The van der Waals surface area contributed by atoms with Crippen LogP contribution in [0.1, 0.15) is 6.92 Å². The summed E-state index contributed by atoms with van der Waals surface area (Å²) in [6.07, 6.45) is 0. The average Bonchev–Trinajstić information content (AvgIpc) is 3.02. The van der Waals surface area contributed by atoms with Crippen LogP contribution in [-0.4, -0.2) is 28.7 Å². The van der Waals surface area contributed by atoms with Crippen molar-refractivity contribution in [3.63, 3.8) is 0 Å². The van der Waals surface area contributed by atoms with Gasteiger partial charge >= 0.3 is 0 Å². The molecule has 26 heavy (non-hydrogen) atoms. The SMILES string of the molecule is CCOc1ccc(OCCSc2nn(-c3ccc(Cl)cc3)c(=S)s2)cc1. The molecule has 0 aliphatic heterocycles. The molecule has 0 saturated heterocycles. The minimum Gasteiger partial charge on any atom is -0.494 e. The molecule has 4 nitrogen and oxygen atoms in total. The Bertz CT molecular complexity index is 892. The highest BCUT2D eigenvalue weighted by molar-refractivity contribution is 8.01. The average molecular weight is 425 g/mol. The van der Waals surface area contributed by atoms with E-state index in [2.05, 4.69) is 5.10 Å². The summed E-state index contributed by atoms with van der Waals surface area (Å²) in [5.41, 5.74) is 0.910. The monoisotopic (exact) mass is 424 g/mol. The van der Waals surface area contributed by atoms with Crippen LogP contribution in [0, 0.1) is 3.95 Å². The van der Waals surface area contributed by atoms with E-state index < -0.39 is 0 Å². The Balaban J connectivity index is 1.51. The molecule has 8 heteroatoms. The summed E-state index contributed by atoms with van der Waals surface area (Å²) in [5.74, 6) is 2.46. The zero-order chi connectivity index (χ0) is 18.4. The number of nitrogens with zero attached hydrogens (tertiary/aromatic N) is 2. The van der Waals surface area contributed by atoms with Crippen LogP contribution in [0.2, 0.25) is 5.02 Å². The molecule has 136 valence electrons. The third kappa shape index (κ3) is 5.23. The van der Waals surface area contributed by atoms with E-state index in [1.54, 1.807) is 16.4 Å². The highest BCUT2D eigenvalue weighted by Crippen LogP contribution is 2.25. The predicted octanol–water partition coefficient (Wildman–Crippen LogP) is 5.89. The molecule has 1 aromatic heterocycles. The summed E-state index contributed by atoms with van der Waals surface area (Å²) < 4.78 is 14.5. The maximum absolute atomic E-state index is 5.93. The van der Waals surface area contributed by atoms with Gasteiger partial charge in [-0.15, -0.1) is 5.10 Å². The smallest absolute Gasteiger partial charge is 0.184 e. The van der Waals surface area contributed by atoms with Crippen LogP contribution in [0.15, 0.2) is 52.9 Å². The maximum Gasteiger partial charge on any atom is 0.184 e. The van der Waals surface area contributed by atoms with Crippen molar-refractivity contribution < 1.29 is 9.47 Å². The molecule has 0 bridgehead atoms. The van der Waals surface area contributed by atoms with E-state index in [4.69, 9.17) is 33.3 Å². The van der Waals surface area contributed by atoms with Crippen LogP contribution in [-0.2, 0) is 0 Å². The number of aromatic nitrogens is 2. The lowest BCUT2D eigenvalue weighted by atomic mass is 10.3. The van der Waals surface area contributed by atoms with Crippen molar-refractivity contribution in [1.29, 1.82) is 0 Å². The van der Waals surface area contributed by atoms with Crippen LogP contribution < -0.4 is 9.47 Å². The molecule has 0 spiro atoms. The zero-order valence-corrected chi connectivity index (χ0v) is 17.3. The molecule has 0 atom stereocenters. The minimum atomic E-state index is 0.589. The largest absolute Gasteiger partial charge is 0.494 e. The minimum absolute atomic E-state index is 0.589. The van der Waals surface area contributed by atoms with Crippen LogP contribution in [0.25, 0.3) is 5.69 Å². The lowest BCUT2D eigenvalue weighted by Gasteiger charge is -2.07. The first-order chi connectivity index (χ1) is 12.7. The van der Waals surface area contributed by atoms with Gasteiger partial charge in [0.05, 0.1) is 18.9 Å². The van der Waals surface area contributed by atoms with Gasteiger partial charge in [0.25, 0.3) is 0 Å². The first kappa shape index (κ1) is 19.2. The molecule has 0 aliphatic carbocycles. The van der Waals surface area contributed by atoms with Crippen LogP contribution in [0.5, 0.6) is 11.5 Å². The van der Waals surface area contributed by atoms with Gasteiger partial charge in [-0.2, -0.15) is 0 Å². The van der Waals surface area contributed by atoms with Gasteiger partial charge in [-0.1, -0.05) is 34.7 Å². The van der Waals surface area contributed by atoms with Gasteiger partial charge in [-0.3, -0.25) is 0 Å². The third-order valence-corrected chi connectivity index (χ3v) is 5.89. The molecule has 1 heterocycles. The zero-order valence-electron chi connectivity index (χ0n) is 14.1. The van der Waals surface area contributed by atoms with Gasteiger partial charge in [-0.25, -0.2) is 4.68 Å². The van der Waals surface area contributed by atoms with E-state index in [-0.39, 0.29) is 0 Å². The molecule has 3 aromatic rings. The summed E-state index contributed by atoms with van der Waals surface area (Å²) >= 11 is 14.5. The second-order valence-electron chi connectivity index (χ2n) is 5.12. The fraction of sp³-hybridized carbons (Fsp3) is 0.222. The predicted molar refractivity (Wildman–Crippen MR) is 111 cm³/mol. The molecule has 0 radical (unpaired) electrons. The number of hydrogen-bond donors (Lipinski definition) is 0. The van der Waals surface area contributed by atoms with E-state index >= 15 is 0 Å². The van der Waals surface area contributed by atoms with Crippen molar-refractivity contribution >= 4 is 46.9 Å². The fourth-order valence-corrected chi connectivity index (χ4v) is 4.53. The number of rotatable bonds is 8. The standard InChI is InChI=1S/C18H17ClN2O2S3/c1-2-22-15-7-9-16(10-8-15)23-11-12-25-17-20-21(18(24)26-17)14-5-3-13(19)4-6-14/h3-10H,2,11-12H2,1H3. The molecule has 2 aromatic carbocycles. The first-order valence-corrected chi connectivity index (χ1v) is 10.6. The molecule has 0 unspecified atom stereocenters. The summed E-state index contributed by atoms with van der Waals surface area (Å²) in [6.45, 7) is 3.21. The lowest BCUT2D eigenvalue weighted by molar-refractivity contribution is 0.332. The molecule has 0 N–H and O–H groups in total. The Hall–Kier alpha value is -1.54. The van der Waals surface area contributed by atoms with E-state index in [1.807, 2.05) is 55.5 Å². The van der Waals surface area contributed by atoms with E-state index in [1.165, 1.54) is 11.3 Å². The van der Waals surface area contributed by atoms with Gasteiger partial charge in [0.1, 0.15) is 11.5 Å². The Morgan fingerprint density at radius 1 is 1.08 bits per heavy atom. The molecule has 0 saturated carbocycles. The van der Waals surface area contributed by atoms with Crippen molar-refractivity contribution in [1.82, 2.24) is 9.78 Å². The van der Waals surface area contributed by atoms with E-state index in [0.717, 1.165) is 27.3 Å². The van der Waals surface area contributed by atoms with Crippen LogP contribution in [0.3, 0.4) is 0 Å². The van der Waals surface area contributed by atoms with Gasteiger partial charge in [0.2, 0.25) is 0 Å². The van der Waals surface area contributed by atoms with Crippen LogP contribution in [0.4, 0.5) is 0 Å². The highest BCUT2D eigenvalue weighted by atomic mass is 35.5. The quantitative estimate of drug-likeness (QED) is 0.256. The summed E-state index contributed by atoms with van der Waals surface area (Å²) in [7, 11) is 0. The highest BCUT2D eigenvalue weighted by Gasteiger charge is 2.07. The van der Waals surface area contributed by atoms with Gasteiger partial charge in [-0.05, 0) is 67.7 Å². The Kier molecular flexibility index (Phi) is 6.96. The second-order valence-corrected chi connectivity index (χ2v) is 8.52. The first-order valence-electron chi connectivity index (χ1n) is 8.00. The van der Waals surface area contributed by atoms with Crippen molar-refractivity contribution in [3.8, 4) is 17.2 Å². The van der Waals surface area contributed by atoms with E-state index in [0.29, 0.717) is 22.2 Å². The number of halogens is 1. The normalized spacial score (nSPS) is 10.7. The third-order valence-electron chi connectivity index (χ3n) is 3.31. The summed E-state index contributed by atoms with van der Waals surface area (Å²) in [6, 6.07) is 15.1. The van der Waals surface area contributed by atoms with Gasteiger partial charge in [0.15, 0.2) is 8.29 Å². The van der Waals surface area contributed by atoms with E-state index in [9.17, 15) is 0 Å². The molecule has 0 amide bonds. The van der Waals surface area contributed by atoms with Gasteiger partial charge in [0, 0.05) is 10.8 Å². The van der Waals surface area contributed by atoms with Crippen molar-refractivity contribution in [2.75, 3.05) is 19.0 Å². The fourth-order valence-electron chi connectivity index (χ4n) is 2.15. The Morgan fingerprint density at radius 3 is 2.38 bits per heavy atom. The van der Waals surface area contributed by atoms with Crippen LogP contribution >= 0.6 is 46.9 Å². The maximum atomic E-state index is 5.93. The molecular formula is C18H17ClN2O2S3. The number of benzene rings is 2. The molecular weight excluding hydrogens is 408 g/mol. The van der Waals surface area contributed by atoms with Crippen molar-refractivity contribution in [2.45, 2.75) is 11.3 Å². The van der Waals surface area contributed by atoms with Crippen molar-refractivity contribution in [2.24, 2.45) is 0 Å². The van der Waals surface area contributed by atoms with Gasteiger partial charge < -0.3 is 9.47 Å². The second kappa shape index (κ2) is 9.41. The Labute approximate surface area is 170 Å². The summed E-state index contributed by atoms with van der Waals surface area (Å²) in [4.78, 5) is 0. The number of hydrogen-bond acceptors (Lipinski definition) is 6. The lowest BCUT2D eigenvalue weighted by Crippen LogP contribution is -2.00. The summed E-state index contributed by atoms with van der Waals surface area (Å²) in [5, 5.41) is 5.26. The number of thioether (sulfide) groups is 1. The Morgan fingerprint density at radius 2 is 1.73 bits per heavy atom. The number of ether oxygens (including phenoxy) is 2. The topological polar surface area (TPSA) is 36.3 Å².